The van der Waals surface area contributed by atoms with E-state index in [2.05, 4.69) is 46.3 Å². The molecule has 1 amide bonds. The molecule has 0 radical (unpaired) electrons. The number of hydrogen-bond acceptors (Lipinski definition) is 4. The van der Waals surface area contributed by atoms with Gasteiger partial charge in [0.05, 0.1) is 0 Å². The second-order valence-corrected chi connectivity index (χ2v) is 8.56. The van der Waals surface area contributed by atoms with Crippen LogP contribution in [-0.4, -0.2) is 62.8 Å². The van der Waals surface area contributed by atoms with Gasteiger partial charge in [-0.25, -0.2) is 0 Å². The highest BCUT2D eigenvalue weighted by molar-refractivity contribution is 5.77. The van der Waals surface area contributed by atoms with E-state index < -0.39 is 0 Å². The van der Waals surface area contributed by atoms with Gasteiger partial charge in [-0.1, -0.05) is 19.1 Å². The van der Waals surface area contributed by atoms with Gasteiger partial charge in [-0.15, -0.1) is 0 Å². The van der Waals surface area contributed by atoms with Crippen molar-refractivity contribution in [2.45, 2.75) is 58.4 Å². The van der Waals surface area contributed by atoms with Crippen LogP contribution >= 0.6 is 0 Å². The maximum atomic E-state index is 11.8. The largest absolute Gasteiger partial charge is 0.372 e. The summed E-state index contributed by atoms with van der Waals surface area (Å²) >= 11 is 0. The van der Waals surface area contributed by atoms with E-state index in [9.17, 15) is 4.79 Å². The minimum atomic E-state index is 0.0395. The number of rotatable bonds is 9. The van der Waals surface area contributed by atoms with Gasteiger partial charge in [0.15, 0.2) is 0 Å². The van der Waals surface area contributed by atoms with Crippen LogP contribution in [0.2, 0.25) is 0 Å². The predicted molar refractivity (Wildman–Crippen MR) is 119 cm³/mol. The predicted octanol–water partition coefficient (Wildman–Crippen LogP) is 3.47. The van der Waals surface area contributed by atoms with Crippen molar-refractivity contribution in [1.29, 1.82) is 0 Å². The van der Waals surface area contributed by atoms with Crippen LogP contribution in [0.5, 0.6) is 0 Å². The molecule has 0 atom stereocenters. The molecule has 1 aromatic carbocycles. The molecular formula is C24H39N3O2. The topological polar surface area (TPSA) is 44.8 Å². The Morgan fingerprint density at radius 3 is 2.55 bits per heavy atom. The van der Waals surface area contributed by atoms with Gasteiger partial charge >= 0.3 is 0 Å². The third-order valence-electron chi connectivity index (χ3n) is 6.56. The maximum absolute atomic E-state index is 11.8. The highest BCUT2D eigenvalue weighted by atomic mass is 16.5. The number of piperazine rings is 1. The zero-order chi connectivity index (χ0) is 20.5. The van der Waals surface area contributed by atoms with Gasteiger partial charge in [-0.2, -0.15) is 0 Å². The summed E-state index contributed by atoms with van der Waals surface area (Å²) in [5, 5.41) is 3.13. The van der Waals surface area contributed by atoms with Crippen molar-refractivity contribution in [2.24, 2.45) is 5.92 Å². The number of aryl methyl sites for hydroxylation is 1. The highest BCUT2D eigenvalue weighted by Gasteiger charge is 2.24. The molecule has 162 valence electrons. The third kappa shape index (κ3) is 7.00. The van der Waals surface area contributed by atoms with Gasteiger partial charge in [0.2, 0.25) is 5.91 Å². The maximum Gasteiger partial charge on any atom is 0.246 e. The molecule has 0 bridgehead atoms. The van der Waals surface area contributed by atoms with E-state index in [1.54, 1.807) is 0 Å². The average Bonchev–Trinajstić information content (AvgIpc) is 2.77. The molecule has 1 aliphatic heterocycles. The fourth-order valence-electron chi connectivity index (χ4n) is 4.63. The second kappa shape index (κ2) is 11.6. The molecule has 0 aromatic heterocycles. The number of amides is 1. The van der Waals surface area contributed by atoms with Gasteiger partial charge in [-0.3, -0.25) is 9.69 Å². The van der Waals surface area contributed by atoms with Crippen LogP contribution in [0.25, 0.3) is 0 Å². The van der Waals surface area contributed by atoms with Crippen LogP contribution in [0.1, 0.15) is 51.5 Å². The summed E-state index contributed by atoms with van der Waals surface area (Å²) in [6.07, 6.45) is 7.11. The van der Waals surface area contributed by atoms with E-state index in [4.69, 9.17) is 4.74 Å². The molecule has 1 heterocycles. The molecular weight excluding hydrogens is 362 g/mol. The van der Waals surface area contributed by atoms with Crippen molar-refractivity contribution in [3.8, 4) is 0 Å². The lowest BCUT2D eigenvalue weighted by Gasteiger charge is -2.37. The van der Waals surface area contributed by atoms with Crippen molar-refractivity contribution in [3.05, 3.63) is 29.8 Å². The van der Waals surface area contributed by atoms with Crippen molar-refractivity contribution in [2.75, 3.05) is 50.8 Å². The third-order valence-corrected chi connectivity index (χ3v) is 6.56. The summed E-state index contributed by atoms with van der Waals surface area (Å²) in [6.45, 7) is 10.7. The lowest BCUT2D eigenvalue weighted by molar-refractivity contribution is -0.126. The van der Waals surface area contributed by atoms with Crippen LogP contribution in [0.15, 0.2) is 24.3 Å². The molecule has 1 aromatic rings. The van der Waals surface area contributed by atoms with Gasteiger partial charge < -0.3 is 15.0 Å². The smallest absolute Gasteiger partial charge is 0.246 e. The first-order chi connectivity index (χ1) is 14.2. The fourth-order valence-corrected chi connectivity index (χ4v) is 4.63. The first-order valence-electron chi connectivity index (χ1n) is 11.6. The molecule has 5 nitrogen and oxygen atoms in total. The molecule has 1 saturated carbocycles. The number of nitrogens with one attached hydrogen (secondary N) is 1. The molecule has 0 unspecified atom stereocenters. The SMILES string of the molecule is CCOCC(=O)NC1CCC(CCN2CCN(c3cccc(CC)c3)CC2)CC1. The zero-order valence-corrected chi connectivity index (χ0v) is 18.4. The average molecular weight is 402 g/mol. The monoisotopic (exact) mass is 401 g/mol. The molecule has 2 fully saturated rings. The van der Waals surface area contributed by atoms with E-state index >= 15 is 0 Å². The zero-order valence-electron chi connectivity index (χ0n) is 18.4. The van der Waals surface area contributed by atoms with Crippen LogP contribution in [-0.2, 0) is 16.0 Å². The summed E-state index contributed by atoms with van der Waals surface area (Å²) in [5.74, 6) is 0.854. The van der Waals surface area contributed by atoms with E-state index in [1.165, 1.54) is 50.1 Å². The van der Waals surface area contributed by atoms with Crippen LogP contribution in [0.3, 0.4) is 0 Å². The molecule has 5 heteroatoms. The molecule has 29 heavy (non-hydrogen) atoms. The van der Waals surface area contributed by atoms with Crippen molar-refractivity contribution in [3.63, 3.8) is 0 Å². The van der Waals surface area contributed by atoms with Crippen molar-refractivity contribution in [1.82, 2.24) is 10.2 Å². The van der Waals surface area contributed by atoms with Crippen LogP contribution in [0, 0.1) is 5.92 Å². The summed E-state index contributed by atoms with van der Waals surface area (Å²) in [6, 6.07) is 9.36. The minimum absolute atomic E-state index is 0.0395. The Hall–Kier alpha value is -1.59. The molecule has 3 rings (SSSR count). The Morgan fingerprint density at radius 1 is 1.10 bits per heavy atom. The van der Waals surface area contributed by atoms with Crippen LogP contribution < -0.4 is 10.2 Å². The Morgan fingerprint density at radius 2 is 1.86 bits per heavy atom. The fraction of sp³-hybridized carbons (Fsp3) is 0.708. The lowest BCUT2D eigenvalue weighted by atomic mass is 9.84. The summed E-state index contributed by atoms with van der Waals surface area (Å²) < 4.78 is 5.19. The Bertz CT molecular complexity index is 620. The summed E-state index contributed by atoms with van der Waals surface area (Å²) in [4.78, 5) is 17.0. The minimum Gasteiger partial charge on any atom is -0.372 e. The molecule has 1 aliphatic carbocycles. The van der Waals surface area contributed by atoms with Crippen molar-refractivity contribution < 1.29 is 9.53 Å². The van der Waals surface area contributed by atoms with E-state index in [1.807, 2.05) is 6.92 Å². The normalized spacial score (nSPS) is 23.2. The number of carbonyl (C=O) groups is 1. The Balaban J connectivity index is 1.31. The van der Waals surface area contributed by atoms with E-state index in [-0.39, 0.29) is 12.5 Å². The number of benzene rings is 1. The van der Waals surface area contributed by atoms with Gasteiger partial charge in [-0.05, 0) is 75.6 Å². The van der Waals surface area contributed by atoms with Gasteiger partial charge in [0.1, 0.15) is 6.61 Å². The second-order valence-electron chi connectivity index (χ2n) is 8.56. The van der Waals surface area contributed by atoms with Crippen molar-refractivity contribution >= 4 is 11.6 Å². The first kappa shape index (κ1) is 22.1. The lowest BCUT2D eigenvalue weighted by Crippen LogP contribution is -2.47. The van der Waals surface area contributed by atoms with Gasteiger partial charge in [0, 0.05) is 44.5 Å². The number of nitrogens with zero attached hydrogens (tertiary/aromatic N) is 2. The number of hydrogen-bond donors (Lipinski definition) is 1. The molecule has 0 spiro atoms. The Kier molecular flexibility index (Phi) is 8.81. The number of carbonyl (C=O) groups excluding carboxylic acids is 1. The summed E-state index contributed by atoms with van der Waals surface area (Å²) in [7, 11) is 0. The van der Waals surface area contributed by atoms with Crippen LogP contribution in [0.4, 0.5) is 5.69 Å². The number of ether oxygens (including phenoxy) is 1. The summed E-state index contributed by atoms with van der Waals surface area (Å²) in [5.41, 5.74) is 2.81. The highest BCUT2D eigenvalue weighted by Crippen LogP contribution is 2.27. The first-order valence-corrected chi connectivity index (χ1v) is 11.6. The quantitative estimate of drug-likeness (QED) is 0.688. The van der Waals surface area contributed by atoms with E-state index in [0.29, 0.717) is 12.6 Å². The van der Waals surface area contributed by atoms with Gasteiger partial charge in [0.25, 0.3) is 0 Å². The molecule has 1 saturated heterocycles. The van der Waals surface area contributed by atoms with E-state index in [0.717, 1.165) is 38.3 Å². The molecule has 2 aliphatic rings. The standard InChI is InChI=1S/C24H39N3O2/c1-3-20-6-5-7-23(18-20)27-16-14-26(15-17-27)13-12-21-8-10-22(11-9-21)25-24(28)19-29-4-2/h5-7,18,21-22H,3-4,8-17,19H2,1-2H3,(H,25,28). The number of anilines is 1. The Labute approximate surface area is 176 Å². The molecule has 1 N–H and O–H groups in total.